The summed E-state index contributed by atoms with van der Waals surface area (Å²) in [4.78, 5) is 17.8. The van der Waals surface area contributed by atoms with Gasteiger partial charge in [0.25, 0.3) is 0 Å². The molecule has 34 heavy (non-hydrogen) atoms. The van der Waals surface area contributed by atoms with E-state index < -0.39 is 0 Å². The van der Waals surface area contributed by atoms with Crippen molar-refractivity contribution in [2.45, 2.75) is 52.9 Å². The molecule has 0 fully saturated rings. The van der Waals surface area contributed by atoms with Gasteiger partial charge in [-0.1, -0.05) is 69.2 Å². The molecule has 0 aliphatic rings. The molecule has 0 saturated carbocycles. The maximum absolute atomic E-state index is 12.9. The Morgan fingerprint density at radius 3 is 2.44 bits per heavy atom. The van der Waals surface area contributed by atoms with Crippen molar-refractivity contribution in [3.05, 3.63) is 82.7 Å². The largest absolute Gasteiger partial charge is 0.395 e. The lowest BCUT2D eigenvalue weighted by Gasteiger charge is -2.25. The Labute approximate surface area is 201 Å². The van der Waals surface area contributed by atoms with Gasteiger partial charge in [-0.2, -0.15) is 0 Å². The van der Waals surface area contributed by atoms with E-state index in [2.05, 4.69) is 85.1 Å². The van der Waals surface area contributed by atoms with Crippen LogP contribution in [0.15, 0.2) is 54.6 Å². The molecule has 2 heterocycles. The smallest absolute Gasteiger partial charge is 0.227 e. The first-order chi connectivity index (χ1) is 16.5. The Bertz CT molecular complexity index is 1290. The number of carbonyl (C=O) groups is 1. The maximum atomic E-state index is 12.9. The number of para-hydroxylation sites is 1. The normalized spacial score (nSPS) is 12.5. The number of nitrogens with zero attached hydrogens (tertiary/aromatic N) is 2. The number of hydrogen-bond acceptors (Lipinski definition) is 3. The molecule has 2 aromatic carbocycles. The fraction of sp³-hybridized carbons (Fsp3) is 0.379. The minimum atomic E-state index is -0.210. The Hall–Kier alpha value is -3.18. The average Bonchev–Trinajstić information content (AvgIpc) is 3.15. The molecule has 5 nitrogen and oxygen atoms in total. The van der Waals surface area contributed by atoms with Crippen molar-refractivity contribution in [2.75, 3.05) is 13.2 Å². The number of aliphatic hydroxyl groups is 1. The first kappa shape index (κ1) is 24.0. The number of aryl methyl sites for hydroxylation is 2. The van der Waals surface area contributed by atoms with Crippen LogP contribution in [0.2, 0.25) is 0 Å². The van der Waals surface area contributed by atoms with E-state index in [4.69, 9.17) is 10.1 Å². The van der Waals surface area contributed by atoms with E-state index in [-0.39, 0.29) is 30.9 Å². The van der Waals surface area contributed by atoms with Crippen LogP contribution in [0.4, 0.5) is 0 Å². The van der Waals surface area contributed by atoms with Crippen molar-refractivity contribution in [3.8, 4) is 0 Å². The minimum Gasteiger partial charge on any atom is -0.395 e. The van der Waals surface area contributed by atoms with Gasteiger partial charge in [-0.05, 0) is 43.0 Å². The first-order valence-electron chi connectivity index (χ1n) is 12.3. The molecule has 1 amide bonds. The molecule has 1 atom stereocenters. The highest BCUT2D eigenvalue weighted by molar-refractivity contribution is 5.91. The number of fused-ring (bicyclic) bond motifs is 3. The number of carbonyl (C=O) groups excluding carboxylic acids is 1. The Morgan fingerprint density at radius 1 is 1.06 bits per heavy atom. The molecular formula is C29H35N3O2. The van der Waals surface area contributed by atoms with Gasteiger partial charge in [0.1, 0.15) is 5.65 Å². The third-order valence-corrected chi connectivity index (χ3v) is 6.94. The highest BCUT2D eigenvalue weighted by Gasteiger charge is 2.27. The summed E-state index contributed by atoms with van der Waals surface area (Å²) in [5, 5.41) is 13.3. The van der Waals surface area contributed by atoms with Gasteiger partial charge in [-0.25, -0.2) is 4.98 Å². The highest BCUT2D eigenvalue weighted by Crippen LogP contribution is 2.32. The van der Waals surface area contributed by atoms with E-state index in [1.54, 1.807) is 0 Å². The lowest BCUT2D eigenvalue weighted by atomic mass is 9.81. The lowest BCUT2D eigenvalue weighted by molar-refractivity contribution is -0.124. The number of aliphatic hydroxyl groups excluding tert-OH is 1. The van der Waals surface area contributed by atoms with Crippen molar-refractivity contribution in [1.29, 1.82) is 0 Å². The maximum Gasteiger partial charge on any atom is 0.227 e. The zero-order valence-corrected chi connectivity index (χ0v) is 20.6. The third kappa shape index (κ3) is 4.58. The number of nitrogens with one attached hydrogen (secondary N) is 1. The van der Waals surface area contributed by atoms with Gasteiger partial charge in [0.05, 0.1) is 18.0 Å². The van der Waals surface area contributed by atoms with Crippen LogP contribution >= 0.6 is 0 Å². The van der Waals surface area contributed by atoms with Gasteiger partial charge in [0.2, 0.25) is 5.91 Å². The summed E-state index contributed by atoms with van der Waals surface area (Å²) in [6.07, 6.45) is 2.64. The molecule has 2 N–H and O–H groups in total. The molecule has 0 aliphatic carbocycles. The topological polar surface area (TPSA) is 66.6 Å². The van der Waals surface area contributed by atoms with Gasteiger partial charge in [0, 0.05) is 35.3 Å². The fourth-order valence-corrected chi connectivity index (χ4v) is 5.24. The predicted octanol–water partition coefficient (Wildman–Crippen LogP) is 5.32. The van der Waals surface area contributed by atoms with Gasteiger partial charge in [-0.15, -0.1) is 0 Å². The van der Waals surface area contributed by atoms with Gasteiger partial charge in [0.15, 0.2) is 0 Å². The number of rotatable bonds is 9. The highest BCUT2D eigenvalue weighted by atomic mass is 16.3. The second-order valence-electron chi connectivity index (χ2n) is 9.18. The molecule has 0 aliphatic heterocycles. The first-order valence-corrected chi connectivity index (χ1v) is 12.3. The van der Waals surface area contributed by atoms with Crippen LogP contribution in [0.1, 0.15) is 60.7 Å². The summed E-state index contributed by atoms with van der Waals surface area (Å²) >= 11 is 0. The Morgan fingerprint density at radius 2 is 1.76 bits per heavy atom. The second-order valence-corrected chi connectivity index (χ2v) is 9.18. The number of amides is 1. The van der Waals surface area contributed by atoms with Gasteiger partial charge >= 0.3 is 0 Å². The molecular weight excluding hydrogens is 422 g/mol. The molecule has 4 rings (SSSR count). The Kier molecular flexibility index (Phi) is 7.32. The zero-order chi connectivity index (χ0) is 24.2. The second kappa shape index (κ2) is 10.4. The van der Waals surface area contributed by atoms with E-state index >= 15 is 0 Å². The molecule has 0 bridgehead atoms. The molecule has 178 valence electrons. The van der Waals surface area contributed by atoms with Crippen molar-refractivity contribution < 1.29 is 9.90 Å². The minimum absolute atomic E-state index is 0.00456. The average molecular weight is 458 g/mol. The molecule has 2 aromatic heterocycles. The zero-order valence-electron chi connectivity index (χ0n) is 20.6. The molecule has 0 saturated heterocycles. The standard InChI is InChI=1S/C29H35N3O2/c1-5-22(6-2)27(29(34)30-15-16-33)23-13-11-21(12-14-23)18-25-24-9-7-8-10-26(24)32-20(4)17-19(3)31-28(25)32/h7-14,17,22,27,33H,5-6,15-16,18H2,1-4H3,(H,30,34). The van der Waals surface area contributed by atoms with E-state index in [1.165, 1.54) is 27.7 Å². The lowest BCUT2D eigenvalue weighted by Crippen LogP contribution is -2.35. The van der Waals surface area contributed by atoms with Crippen LogP contribution in [0, 0.1) is 19.8 Å². The summed E-state index contributed by atoms with van der Waals surface area (Å²) in [6, 6.07) is 19.1. The summed E-state index contributed by atoms with van der Waals surface area (Å²) < 4.78 is 2.25. The molecule has 1 unspecified atom stereocenters. The van der Waals surface area contributed by atoms with Crippen LogP contribution in [0.25, 0.3) is 16.6 Å². The van der Waals surface area contributed by atoms with Crippen molar-refractivity contribution in [2.24, 2.45) is 5.92 Å². The van der Waals surface area contributed by atoms with E-state index in [0.29, 0.717) is 0 Å². The van der Waals surface area contributed by atoms with Gasteiger partial charge < -0.3 is 10.4 Å². The van der Waals surface area contributed by atoms with E-state index in [9.17, 15) is 4.79 Å². The monoisotopic (exact) mass is 457 g/mol. The summed E-state index contributed by atoms with van der Waals surface area (Å²) in [5.41, 5.74) is 7.86. The van der Waals surface area contributed by atoms with E-state index in [0.717, 1.165) is 36.2 Å². The van der Waals surface area contributed by atoms with Crippen LogP contribution in [0.3, 0.4) is 0 Å². The SMILES string of the molecule is CCC(CC)C(C(=O)NCCO)c1ccc(Cc2c3ccccc3n3c(C)cc(C)nc23)cc1. The molecule has 0 radical (unpaired) electrons. The quantitative estimate of drug-likeness (QED) is 0.357. The number of aromatic nitrogens is 2. The van der Waals surface area contributed by atoms with Crippen LogP contribution in [-0.2, 0) is 11.2 Å². The van der Waals surface area contributed by atoms with Crippen LogP contribution in [-0.4, -0.2) is 33.6 Å². The predicted molar refractivity (Wildman–Crippen MR) is 138 cm³/mol. The summed E-state index contributed by atoms with van der Waals surface area (Å²) in [6.45, 7) is 8.68. The van der Waals surface area contributed by atoms with E-state index in [1.807, 2.05) is 6.92 Å². The number of hydrogen-bond donors (Lipinski definition) is 2. The molecule has 4 aromatic rings. The van der Waals surface area contributed by atoms with Crippen molar-refractivity contribution in [1.82, 2.24) is 14.7 Å². The fourth-order valence-electron chi connectivity index (χ4n) is 5.24. The molecule has 5 heteroatoms. The Balaban J connectivity index is 1.70. The summed E-state index contributed by atoms with van der Waals surface area (Å²) in [5.74, 6) is 0.0489. The van der Waals surface area contributed by atoms with Crippen LogP contribution < -0.4 is 5.32 Å². The van der Waals surface area contributed by atoms with Crippen LogP contribution in [0.5, 0.6) is 0 Å². The van der Waals surface area contributed by atoms with Crippen molar-refractivity contribution in [3.63, 3.8) is 0 Å². The third-order valence-electron chi connectivity index (χ3n) is 6.94. The number of benzene rings is 2. The van der Waals surface area contributed by atoms with Gasteiger partial charge in [-0.3, -0.25) is 9.20 Å². The van der Waals surface area contributed by atoms with Crippen molar-refractivity contribution >= 4 is 22.5 Å². The summed E-state index contributed by atoms with van der Waals surface area (Å²) in [7, 11) is 0. The molecule has 0 spiro atoms.